The van der Waals surface area contributed by atoms with Crippen molar-refractivity contribution in [2.75, 3.05) is 24.2 Å². The van der Waals surface area contributed by atoms with E-state index in [9.17, 15) is 14.0 Å². The lowest BCUT2D eigenvalue weighted by atomic mass is 10.1. The number of nitrogens with zero attached hydrogens (tertiary/aromatic N) is 3. The Morgan fingerprint density at radius 3 is 2.76 bits per heavy atom. The van der Waals surface area contributed by atoms with Gasteiger partial charge in [0.1, 0.15) is 16.0 Å². The van der Waals surface area contributed by atoms with E-state index in [1.165, 1.54) is 16.8 Å². The van der Waals surface area contributed by atoms with Gasteiger partial charge in [0.2, 0.25) is 0 Å². The first-order valence-corrected chi connectivity index (χ1v) is 12.1. The van der Waals surface area contributed by atoms with E-state index in [0.29, 0.717) is 28.5 Å². The molecule has 0 fully saturated rings. The minimum absolute atomic E-state index is 0.367. The van der Waals surface area contributed by atoms with Crippen LogP contribution in [0.1, 0.15) is 21.6 Å². The van der Waals surface area contributed by atoms with Crippen LogP contribution in [-0.2, 0) is 15.3 Å². The second-order valence-electron chi connectivity index (χ2n) is 7.13. The Labute approximate surface area is 198 Å². The van der Waals surface area contributed by atoms with Crippen LogP contribution in [-0.4, -0.2) is 44.9 Å². The molecule has 1 aromatic heterocycles. The van der Waals surface area contributed by atoms with E-state index in [-0.39, 0.29) is 5.82 Å². The zero-order chi connectivity index (χ0) is 23.2. The fraction of sp³-hybridized carbons (Fsp3) is 0.217. The molecule has 4 rings (SSSR count). The summed E-state index contributed by atoms with van der Waals surface area (Å²) in [7, 11) is 0. The van der Waals surface area contributed by atoms with Gasteiger partial charge in [-0.1, -0.05) is 41.7 Å². The smallest absolute Gasteiger partial charge is 0.338 e. The van der Waals surface area contributed by atoms with E-state index in [2.05, 4.69) is 15.4 Å². The van der Waals surface area contributed by atoms with E-state index in [1.807, 2.05) is 12.1 Å². The lowest BCUT2D eigenvalue weighted by molar-refractivity contribution is -0.119. The first kappa shape index (κ1) is 23.1. The Kier molecular flexibility index (Phi) is 7.46. The maximum Gasteiger partial charge on any atom is 0.338 e. The van der Waals surface area contributed by atoms with Crippen molar-refractivity contribution in [1.82, 2.24) is 9.78 Å². The van der Waals surface area contributed by atoms with Crippen molar-refractivity contribution in [2.24, 2.45) is 4.99 Å². The second kappa shape index (κ2) is 10.7. The number of aliphatic imine (C=N–C) groups is 1. The third-order valence-electron chi connectivity index (χ3n) is 4.65. The second-order valence-corrected chi connectivity index (χ2v) is 9.43. The van der Waals surface area contributed by atoms with Crippen molar-refractivity contribution in [3.05, 3.63) is 77.2 Å². The molecule has 0 bridgehead atoms. The summed E-state index contributed by atoms with van der Waals surface area (Å²) in [5, 5.41) is 7.03. The molecular formula is C23H21FN4O3S2. The summed E-state index contributed by atoms with van der Waals surface area (Å²) >= 11 is 3.30. The summed E-state index contributed by atoms with van der Waals surface area (Å²) < 4.78 is 21.0. The third kappa shape index (κ3) is 6.02. The number of anilines is 1. The molecule has 2 heterocycles. The van der Waals surface area contributed by atoms with Crippen LogP contribution in [0.15, 0.2) is 59.6 Å². The van der Waals surface area contributed by atoms with Gasteiger partial charge in [0, 0.05) is 17.6 Å². The first-order valence-electron chi connectivity index (χ1n) is 10.2. The molecule has 0 atom stereocenters. The van der Waals surface area contributed by atoms with Crippen LogP contribution in [0.2, 0.25) is 0 Å². The summed E-state index contributed by atoms with van der Waals surface area (Å²) in [5.41, 5.74) is 2.51. The number of carbonyl (C=O) groups is 2. The van der Waals surface area contributed by atoms with Crippen LogP contribution in [0.4, 0.5) is 10.2 Å². The van der Waals surface area contributed by atoms with Crippen LogP contribution in [0.3, 0.4) is 0 Å². The molecule has 2 aromatic carbocycles. The summed E-state index contributed by atoms with van der Waals surface area (Å²) in [4.78, 5) is 29.5. The molecule has 170 valence electrons. The molecule has 1 aliphatic rings. The van der Waals surface area contributed by atoms with Gasteiger partial charge in [-0.15, -0.1) is 0 Å². The number of rotatable bonds is 7. The molecule has 10 heteroatoms. The van der Waals surface area contributed by atoms with Crippen LogP contribution in [0.5, 0.6) is 0 Å². The van der Waals surface area contributed by atoms with Gasteiger partial charge < -0.3 is 10.1 Å². The number of esters is 1. The van der Waals surface area contributed by atoms with Gasteiger partial charge in [-0.3, -0.25) is 9.79 Å². The average Bonchev–Trinajstić information content (AvgIpc) is 3.46. The number of halogens is 1. The van der Waals surface area contributed by atoms with Crippen LogP contribution in [0, 0.1) is 12.7 Å². The highest BCUT2D eigenvalue weighted by Gasteiger charge is 2.17. The number of hydrogen-bond donors (Lipinski definition) is 1. The summed E-state index contributed by atoms with van der Waals surface area (Å²) in [5.74, 6) is 0.543. The minimum atomic E-state index is -0.564. The number of benzene rings is 2. The van der Waals surface area contributed by atoms with E-state index in [1.54, 1.807) is 60.8 Å². The van der Waals surface area contributed by atoms with Crippen molar-refractivity contribution >= 4 is 45.6 Å². The molecular weight excluding hydrogens is 463 g/mol. The van der Waals surface area contributed by atoms with Gasteiger partial charge in [-0.25, -0.2) is 13.9 Å². The van der Waals surface area contributed by atoms with E-state index in [0.717, 1.165) is 22.2 Å². The fourth-order valence-electron chi connectivity index (χ4n) is 3.14. The molecule has 1 N–H and O–H groups in total. The van der Waals surface area contributed by atoms with E-state index in [4.69, 9.17) is 4.74 Å². The molecule has 0 unspecified atom stereocenters. The van der Waals surface area contributed by atoms with Crippen molar-refractivity contribution in [3.63, 3.8) is 0 Å². The largest absolute Gasteiger partial charge is 0.452 e. The topological polar surface area (TPSA) is 85.6 Å². The molecule has 0 aliphatic carbocycles. The predicted molar refractivity (Wildman–Crippen MR) is 130 cm³/mol. The molecule has 1 aliphatic heterocycles. The molecule has 0 spiro atoms. The Morgan fingerprint density at radius 2 is 2.00 bits per heavy atom. The number of thioether (sulfide) groups is 2. The van der Waals surface area contributed by atoms with Crippen molar-refractivity contribution in [2.45, 2.75) is 12.7 Å². The van der Waals surface area contributed by atoms with Gasteiger partial charge >= 0.3 is 5.97 Å². The number of ether oxygens (including phenoxy) is 1. The maximum absolute atomic E-state index is 13.2. The summed E-state index contributed by atoms with van der Waals surface area (Å²) in [6.07, 6.45) is 0. The Balaban J connectivity index is 1.37. The van der Waals surface area contributed by atoms with Crippen LogP contribution >= 0.6 is 23.5 Å². The van der Waals surface area contributed by atoms with Crippen LogP contribution in [0.25, 0.3) is 5.69 Å². The molecule has 7 nitrogen and oxygen atoms in total. The average molecular weight is 485 g/mol. The monoisotopic (exact) mass is 484 g/mol. The maximum atomic E-state index is 13.2. The van der Waals surface area contributed by atoms with E-state index < -0.39 is 18.5 Å². The standard InChI is InChI=1S/C23H21FN4O3S2/c1-15-12-20(28(27-15)18-8-6-17(24)7-9-18)26-21(29)13-31-22(30)19-5-3-2-4-16(19)14-33-23-25-10-11-32-23/h2-9,12H,10-11,13-14H2,1H3,(H,26,29). The first-order chi connectivity index (χ1) is 16.0. The summed E-state index contributed by atoms with van der Waals surface area (Å²) in [6, 6.07) is 14.6. The predicted octanol–water partition coefficient (Wildman–Crippen LogP) is 4.45. The SMILES string of the molecule is Cc1cc(NC(=O)COC(=O)c2ccccc2CSC2=NCCS2)n(-c2ccc(F)cc2)n1. The van der Waals surface area contributed by atoms with Crippen LogP contribution < -0.4 is 5.32 Å². The van der Waals surface area contributed by atoms with Gasteiger partial charge in [0.25, 0.3) is 5.91 Å². The minimum Gasteiger partial charge on any atom is -0.452 e. The van der Waals surface area contributed by atoms with Gasteiger partial charge in [-0.2, -0.15) is 5.10 Å². The normalized spacial score (nSPS) is 13.0. The fourth-order valence-corrected chi connectivity index (χ4v) is 5.16. The molecule has 0 saturated carbocycles. The number of aromatic nitrogens is 2. The molecule has 33 heavy (non-hydrogen) atoms. The molecule has 1 amide bonds. The number of carbonyl (C=O) groups excluding carboxylic acids is 2. The van der Waals surface area contributed by atoms with Gasteiger partial charge in [0.05, 0.1) is 23.5 Å². The third-order valence-corrected chi connectivity index (χ3v) is 6.95. The van der Waals surface area contributed by atoms with Gasteiger partial charge in [-0.05, 0) is 42.8 Å². The van der Waals surface area contributed by atoms with Crippen molar-refractivity contribution < 1.29 is 18.7 Å². The zero-order valence-corrected chi connectivity index (χ0v) is 19.4. The highest BCUT2D eigenvalue weighted by Crippen LogP contribution is 2.26. The number of nitrogens with one attached hydrogen (secondary N) is 1. The van der Waals surface area contributed by atoms with E-state index >= 15 is 0 Å². The highest BCUT2D eigenvalue weighted by molar-refractivity contribution is 8.38. The van der Waals surface area contributed by atoms with Gasteiger partial charge in [0.15, 0.2) is 6.61 Å². The molecule has 0 radical (unpaired) electrons. The zero-order valence-electron chi connectivity index (χ0n) is 17.8. The Hall–Kier alpha value is -3.11. The number of aryl methyl sites for hydroxylation is 1. The van der Waals surface area contributed by atoms with Crippen molar-refractivity contribution in [3.8, 4) is 5.69 Å². The lowest BCUT2D eigenvalue weighted by Gasteiger charge is -2.11. The molecule has 0 saturated heterocycles. The number of amides is 1. The van der Waals surface area contributed by atoms with Crippen molar-refractivity contribution in [1.29, 1.82) is 0 Å². The highest BCUT2D eigenvalue weighted by atomic mass is 32.2. The lowest BCUT2D eigenvalue weighted by Crippen LogP contribution is -2.22. The molecule has 3 aromatic rings. The Bertz CT molecular complexity index is 1190. The summed E-state index contributed by atoms with van der Waals surface area (Å²) in [6.45, 7) is 2.15. The number of hydrogen-bond acceptors (Lipinski definition) is 7. The Morgan fingerprint density at radius 1 is 1.21 bits per heavy atom. The quantitative estimate of drug-likeness (QED) is 0.499.